The summed E-state index contributed by atoms with van der Waals surface area (Å²) in [5, 5.41) is 12.2. The molecule has 0 atom stereocenters. The van der Waals surface area contributed by atoms with Crippen LogP contribution in [0.5, 0.6) is 5.75 Å². The number of hydrogen-bond donors (Lipinski definition) is 1. The molecule has 1 heterocycles. The summed E-state index contributed by atoms with van der Waals surface area (Å²) < 4.78 is 23.0. The molecule has 0 bridgehead atoms. The third-order valence-electron chi connectivity index (χ3n) is 4.90. The quantitative estimate of drug-likeness (QED) is 0.581. The van der Waals surface area contributed by atoms with Crippen LogP contribution in [-0.4, -0.2) is 43.2 Å². The molecule has 158 valence electrons. The molecular weight excluding hydrogens is 371 g/mol. The lowest BCUT2D eigenvalue weighted by Gasteiger charge is -2.32. The van der Waals surface area contributed by atoms with E-state index in [1.807, 2.05) is 54.5 Å². The Bertz CT molecular complexity index is 764. The number of nitriles is 1. The monoisotopic (exact) mass is 402 g/mol. The normalized spacial score (nSPS) is 17.5. The van der Waals surface area contributed by atoms with Crippen LogP contribution in [0.4, 0.5) is 4.79 Å². The van der Waals surface area contributed by atoms with E-state index in [-0.39, 0.29) is 0 Å². The number of amides is 1. The van der Waals surface area contributed by atoms with Gasteiger partial charge in [0.25, 0.3) is 0 Å². The first kappa shape index (κ1) is 23.0. The summed E-state index contributed by atoms with van der Waals surface area (Å²) >= 11 is 0. The maximum Gasteiger partial charge on any atom is 0.494 e. The van der Waals surface area contributed by atoms with Crippen LogP contribution in [0.2, 0.25) is 0 Å². The molecule has 1 amide bonds. The summed E-state index contributed by atoms with van der Waals surface area (Å²) in [5.74, 6) is 0.491. The molecule has 1 aromatic rings. The van der Waals surface area contributed by atoms with Crippen molar-refractivity contribution in [2.75, 3.05) is 13.2 Å². The molecule has 0 aromatic heterocycles. The number of hydrogen-bond acceptors (Lipinski definition) is 6. The molecule has 7 nitrogen and oxygen atoms in total. The highest BCUT2D eigenvalue weighted by atomic mass is 16.7. The van der Waals surface area contributed by atoms with Crippen molar-refractivity contribution in [3.63, 3.8) is 0 Å². The predicted octanol–water partition coefficient (Wildman–Crippen LogP) is 3.15. The zero-order chi connectivity index (χ0) is 21.9. The van der Waals surface area contributed by atoms with Gasteiger partial charge >= 0.3 is 13.2 Å². The van der Waals surface area contributed by atoms with Crippen molar-refractivity contribution in [1.82, 2.24) is 5.32 Å². The average molecular weight is 402 g/mol. The number of rotatable bonds is 6. The first-order valence-electron chi connectivity index (χ1n) is 9.84. The van der Waals surface area contributed by atoms with Gasteiger partial charge in [0.15, 0.2) is 0 Å². The second-order valence-corrected chi connectivity index (χ2v) is 9.09. The van der Waals surface area contributed by atoms with E-state index in [1.54, 1.807) is 12.1 Å². The van der Waals surface area contributed by atoms with Crippen LogP contribution in [0.1, 0.15) is 60.5 Å². The molecule has 0 radical (unpaired) electrons. The molecule has 2 rings (SSSR count). The third-order valence-corrected chi connectivity index (χ3v) is 4.90. The molecule has 1 aromatic carbocycles. The van der Waals surface area contributed by atoms with E-state index in [2.05, 4.69) is 11.4 Å². The number of carbonyl (C=O) groups excluding carboxylic acids is 1. The second kappa shape index (κ2) is 8.64. The molecule has 0 aliphatic carbocycles. The summed E-state index contributed by atoms with van der Waals surface area (Å²) in [5.41, 5.74) is -0.223. The Morgan fingerprint density at radius 1 is 1.21 bits per heavy atom. The summed E-state index contributed by atoms with van der Waals surface area (Å²) in [6, 6.07) is 7.49. The minimum Gasteiger partial charge on any atom is -0.492 e. The number of alkyl carbamates (subject to hydrolysis) is 1. The van der Waals surface area contributed by atoms with Gasteiger partial charge in [-0.15, -0.1) is 0 Å². The van der Waals surface area contributed by atoms with Gasteiger partial charge in [0.2, 0.25) is 0 Å². The van der Waals surface area contributed by atoms with Gasteiger partial charge in [-0.2, -0.15) is 5.26 Å². The number of ether oxygens (including phenoxy) is 2. The van der Waals surface area contributed by atoms with Gasteiger partial charge in [-0.25, -0.2) is 4.79 Å². The van der Waals surface area contributed by atoms with Gasteiger partial charge in [0.05, 0.1) is 23.4 Å². The standard InChI is InChI=1S/C21H31BN2O5/c1-19(2,3)27-18(25)24-11-8-12-26-17-10-9-16(13-15(17)14-23)22-28-20(4,5)21(6,7)29-22/h9-10,13H,8,11-12H2,1-7H3,(H,24,25). The van der Waals surface area contributed by atoms with Crippen molar-refractivity contribution in [1.29, 1.82) is 5.26 Å². The lowest BCUT2D eigenvalue weighted by Crippen LogP contribution is -2.41. The van der Waals surface area contributed by atoms with E-state index < -0.39 is 30.0 Å². The molecule has 8 heteroatoms. The Balaban J connectivity index is 1.89. The van der Waals surface area contributed by atoms with E-state index in [9.17, 15) is 10.1 Å². The van der Waals surface area contributed by atoms with E-state index in [4.69, 9.17) is 18.8 Å². The van der Waals surface area contributed by atoms with E-state index in [0.717, 1.165) is 5.46 Å². The van der Waals surface area contributed by atoms with Crippen LogP contribution in [0, 0.1) is 11.3 Å². The molecule has 1 saturated heterocycles. The molecule has 1 fully saturated rings. The second-order valence-electron chi connectivity index (χ2n) is 9.09. The van der Waals surface area contributed by atoms with Gasteiger partial charge in [-0.05, 0) is 72.5 Å². The largest absolute Gasteiger partial charge is 0.494 e. The Labute approximate surface area is 173 Å². The maximum absolute atomic E-state index is 11.6. The Kier molecular flexibility index (Phi) is 6.87. The average Bonchev–Trinajstić information content (AvgIpc) is 2.80. The predicted molar refractivity (Wildman–Crippen MR) is 111 cm³/mol. The van der Waals surface area contributed by atoms with Crippen molar-refractivity contribution >= 4 is 18.7 Å². The van der Waals surface area contributed by atoms with Crippen molar-refractivity contribution in [3.05, 3.63) is 23.8 Å². The first-order valence-corrected chi connectivity index (χ1v) is 9.84. The molecular formula is C21H31BN2O5. The number of benzene rings is 1. The minimum atomic E-state index is -0.529. The summed E-state index contributed by atoms with van der Waals surface area (Å²) in [6.45, 7) is 14.2. The smallest absolute Gasteiger partial charge is 0.492 e. The van der Waals surface area contributed by atoms with Crippen LogP contribution >= 0.6 is 0 Å². The molecule has 1 aliphatic heterocycles. The molecule has 1 aliphatic rings. The van der Waals surface area contributed by atoms with Gasteiger partial charge < -0.3 is 24.1 Å². The Morgan fingerprint density at radius 3 is 2.38 bits per heavy atom. The SMILES string of the molecule is CC(C)(C)OC(=O)NCCCOc1ccc(B2OC(C)(C)C(C)(C)O2)cc1C#N. The fourth-order valence-corrected chi connectivity index (χ4v) is 2.65. The molecule has 0 saturated carbocycles. The van der Waals surface area contributed by atoms with Crippen LogP contribution < -0.4 is 15.5 Å². The zero-order valence-electron chi connectivity index (χ0n) is 18.4. The van der Waals surface area contributed by atoms with Crippen molar-refractivity contribution in [2.45, 2.75) is 71.7 Å². The highest BCUT2D eigenvalue weighted by Gasteiger charge is 2.51. The Morgan fingerprint density at radius 2 is 1.83 bits per heavy atom. The van der Waals surface area contributed by atoms with Gasteiger partial charge in [-0.1, -0.05) is 6.07 Å². The van der Waals surface area contributed by atoms with E-state index >= 15 is 0 Å². The van der Waals surface area contributed by atoms with Crippen LogP contribution in [-0.2, 0) is 14.0 Å². The molecule has 1 N–H and O–H groups in total. The maximum atomic E-state index is 11.6. The first-order chi connectivity index (χ1) is 13.3. The van der Waals surface area contributed by atoms with Gasteiger partial charge in [-0.3, -0.25) is 0 Å². The van der Waals surface area contributed by atoms with Crippen LogP contribution in [0.15, 0.2) is 18.2 Å². The van der Waals surface area contributed by atoms with Crippen molar-refractivity contribution in [2.24, 2.45) is 0 Å². The van der Waals surface area contributed by atoms with Gasteiger partial charge in [0.1, 0.15) is 17.4 Å². The highest BCUT2D eigenvalue weighted by molar-refractivity contribution is 6.62. The lowest BCUT2D eigenvalue weighted by molar-refractivity contribution is 0.00578. The third kappa shape index (κ3) is 6.12. The van der Waals surface area contributed by atoms with E-state index in [1.165, 1.54) is 0 Å². The summed E-state index contributed by atoms with van der Waals surface area (Å²) in [7, 11) is -0.529. The zero-order valence-corrected chi connectivity index (χ0v) is 18.4. The van der Waals surface area contributed by atoms with Crippen LogP contribution in [0.3, 0.4) is 0 Å². The number of carbonyl (C=O) groups is 1. The van der Waals surface area contributed by atoms with E-state index in [0.29, 0.717) is 30.9 Å². The summed E-state index contributed by atoms with van der Waals surface area (Å²) in [6.07, 6.45) is 0.130. The number of nitrogens with one attached hydrogen (secondary N) is 1. The lowest BCUT2D eigenvalue weighted by atomic mass is 9.78. The minimum absolute atomic E-state index is 0.361. The number of nitrogens with zero attached hydrogens (tertiary/aromatic N) is 1. The fourth-order valence-electron chi connectivity index (χ4n) is 2.65. The van der Waals surface area contributed by atoms with Gasteiger partial charge in [0, 0.05) is 6.54 Å². The van der Waals surface area contributed by atoms with Crippen molar-refractivity contribution in [3.8, 4) is 11.8 Å². The molecule has 29 heavy (non-hydrogen) atoms. The Hall–Kier alpha value is -2.24. The highest BCUT2D eigenvalue weighted by Crippen LogP contribution is 2.36. The summed E-state index contributed by atoms with van der Waals surface area (Å²) in [4.78, 5) is 11.6. The molecule has 0 spiro atoms. The molecule has 0 unspecified atom stereocenters. The topological polar surface area (TPSA) is 89.8 Å². The van der Waals surface area contributed by atoms with Crippen molar-refractivity contribution < 1.29 is 23.6 Å². The fraction of sp³-hybridized carbons (Fsp3) is 0.619. The van der Waals surface area contributed by atoms with Crippen LogP contribution in [0.25, 0.3) is 0 Å².